The van der Waals surface area contributed by atoms with Crippen molar-refractivity contribution in [1.29, 1.82) is 5.26 Å². The van der Waals surface area contributed by atoms with Crippen molar-refractivity contribution in [3.8, 4) is 6.07 Å². The van der Waals surface area contributed by atoms with E-state index >= 15 is 0 Å². The van der Waals surface area contributed by atoms with E-state index in [0.29, 0.717) is 12.0 Å². The van der Waals surface area contributed by atoms with Gasteiger partial charge in [0.1, 0.15) is 6.04 Å². The molecule has 2 rings (SSSR count). The molecule has 3 atom stereocenters. The fourth-order valence-electron chi connectivity index (χ4n) is 3.23. The summed E-state index contributed by atoms with van der Waals surface area (Å²) in [6, 6.07) is 3.17. The average molecular weight is 179 g/mol. The first-order valence-electron chi connectivity index (χ1n) is 5.50. The van der Waals surface area contributed by atoms with E-state index in [9.17, 15) is 0 Å². The largest absolute Gasteiger partial charge is 0.323 e. The second kappa shape index (κ2) is 3.31. The quantitative estimate of drug-likeness (QED) is 0.521. The summed E-state index contributed by atoms with van der Waals surface area (Å²) in [6.07, 6.45) is 6.40. The molecule has 2 nitrogen and oxygen atoms in total. The molecule has 0 amide bonds. The minimum absolute atomic E-state index is 0.346. The molecular weight excluding hydrogens is 160 g/mol. The van der Waals surface area contributed by atoms with Crippen LogP contribution in [0.25, 0.3) is 0 Å². The van der Waals surface area contributed by atoms with Gasteiger partial charge < -0.3 is 4.48 Å². The van der Waals surface area contributed by atoms with E-state index < -0.39 is 0 Å². The molecular formula is C11H19N2+. The zero-order valence-corrected chi connectivity index (χ0v) is 8.50. The highest BCUT2D eigenvalue weighted by Crippen LogP contribution is 2.35. The summed E-state index contributed by atoms with van der Waals surface area (Å²) in [5, 5.41) is 9.08. The van der Waals surface area contributed by atoms with Gasteiger partial charge >= 0.3 is 0 Å². The number of nitriles is 1. The first-order chi connectivity index (χ1) is 6.26. The molecule has 0 unspecified atom stereocenters. The van der Waals surface area contributed by atoms with Crippen LogP contribution in [-0.2, 0) is 0 Å². The molecule has 0 radical (unpaired) electrons. The third kappa shape index (κ3) is 1.46. The number of piperidine rings is 2. The molecule has 0 saturated carbocycles. The molecule has 2 aliphatic heterocycles. The Bertz CT molecular complexity index is 227. The highest BCUT2D eigenvalue weighted by atomic mass is 15.4. The maximum Gasteiger partial charge on any atom is 0.105 e. The molecule has 0 spiro atoms. The average Bonchev–Trinajstić information content (AvgIpc) is 2.15. The highest BCUT2D eigenvalue weighted by molar-refractivity contribution is 4.92. The van der Waals surface area contributed by atoms with E-state index in [1.807, 2.05) is 0 Å². The zero-order chi connectivity index (χ0) is 9.31. The van der Waals surface area contributed by atoms with Crippen molar-refractivity contribution in [3.63, 3.8) is 0 Å². The van der Waals surface area contributed by atoms with Gasteiger partial charge in [-0.15, -0.1) is 0 Å². The van der Waals surface area contributed by atoms with Crippen molar-refractivity contribution < 1.29 is 4.48 Å². The summed E-state index contributed by atoms with van der Waals surface area (Å²) in [4.78, 5) is 0. The zero-order valence-electron chi connectivity index (χ0n) is 8.50. The Labute approximate surface area is 80.7 Å². The predicted molar refractivity (Wildman–Crippen MR) is 51.9 cm³/mol. The van der Waals surface area contributed by atoms with Gasteiger partial charge in [0.2, 0.25) is 0 Å². The number of rotatable bonds is 0. The van der Waals surface area contributed by atoms with Crippen molar-refractivity contribution in [1.82, 2.24) is 0 Å². The van der Waals surface area contributed by atoms with E-state index in [0.717, 1.165) is 6.42 Å². The van der Waals surface area contributed by atoms with Gasteiger partial charge in [-0.2, -0.15) is 5.26 Å². The summed E-state index contributed by atoms with van der Waals surface area (Å²) < 4.78 is 1.19. The Morgan fingerprint density at radius 3 is 2.69 bits per heavy atom. The molecule has 2 saturated heterocycles. The van der Waals surface area contributed by atoms with Crippen LogP contribution < -0.4 is 0 Å². The molecule has 13 heavy (non-hydrogen) atoms. The van der Waals surface area contributed by atoms with Crippen LogP contribution in [0.15, 0.2) is 0 Å². The number of hydrogen-bond donors (Lipinski definition) is 0. The number of fused-ring (bicyclic) bond motifs is 1. The van der Waals surface area contributed by atoms with Gasteiger partial charge in [0.25, 0.3) is 0 Å². The van der Waals surface area contributed by atoms with E-state index in [1.54, 1.807) is 0 Å². The van der Waals surface area contributed by atoms with Crippen LogP contribution in [0.1, 0.15) is 32.1 Å². The van der Waals surface area contributed by atoms with Crippen LogP contribution in [0.4, 0.5) is 0 Å². The van der Waals surface area contributed by atoms with Crippen LogP contribution in [0.3, 0.4) is 0 Å². The topological polar surface area (TPSA) is 23.8 Å². The molecule has 72 valence electrons. The minimum atomic E-state index is 0.346. The second-order valence-corrected chi connectivity index (χ2v) is 4.87. The maximum absolute atomic E-state index is 9.08. The van der Waals surface area contributed by atoms with Crippen molar-refractivity contribution >= 4 is 0 Å². The van der Waals surface area contributed by atoms with Crippen LogP contribution in [0.5, 0.6) is 0 Å². The molecule has 2 heteroatoms. The van der Waals surface area contributed by atoms with E-state index in [4.69, 9.17) is 5.26 Å². The van der Waals surface area contributed by atoms with Gasteiger partial charge in [-0.05, 0) is 25.7 Å². The Balaban J connectivity index is 2.17. The van der Waals surface area contributed by atoms with Crippen molar-refractivity contribution in [2.24, 2.45) is 5.92 Å². The van der Waals surface area contributed by atoms with Crippen LogP contribution in [0, 0.1) is 17.2 Å². The summed E-state index contributed by atoms with van der Waals surface area (Å²) in [5.74, 6) is 0.346. The van der Waals surface area contributed by atoms with Crippen LogP contribution >= 0.6 is 0 Å². The molecule has 2 heterocycles. The molecule has 0 N–H and O–H groups in total. The van der Waals surface area contributed by atoms with Crippen LogP contribution in [0.2, 0.25) is 0 Å². The number of hydrogen-bond acceptors (Lipinski definition) is 1. The number of nitrogens with zero attached hydrogens (tertiary/aromatic N) is 2. The monoisotopic (exact) mass is 179 g/mol. The Morgan fingerprint density at radius 1 is 1.15 bits per heavy atom. The van der Waals surface area contributed by atoms with Crippen molar-refractivity contribution in [2.75, 3.05) is 20.1 Å². The SMILES string of the molecule is C[N@+]12CCCC[C@H]1[C@H](C#N)CCC2. The van der Waals surface area contributed by atoms with Crippen molar-refractivity contribution in [2.45, 2.75) is 38.1 Å². The van der Waals surface area contributed by atoms with Crippen LogP contribution in [-0.4, -0.2) is 30.7 Å². The fourth-order valence-corrected chi connectivity index (χ4v) is 3.23. The maximum atomic E-state index is 9.08. The van der Waals surface area contributed by atoms with E-state index in [2.05, 4.69) is 13.1 Å². The lowest BCUT2D eigenvalue weighted by Gasteiger charge is -2.49. The second-order valence-electron chi connectivity index (χ2n) is 4.87. The summed E-state index contributed by atoms with van der Waals surface area (Å²) >= 11 is 0. The standard InChI is InChI=1S/C11H19N2/c1-13-7-3-2-6-11(13)10(9-12)5-4-8-13/h10-11H,2-8H2,1H3/q+1/t10-,11-,13+/m0/s1. The fraction of sp³-hybridized carbons (Fsp3) is 0.909. The normalized spacial score (nSPS) is 44.9. The van der Waals surface area contributed by atoms with Gasteiger partial charge in [0.05, 0.1) is 32.1 Å². The Kier molecular flexibility index (Phi) is 2.29. The predicted octanol–water partition coefficient (Wildman–Crippen LogP) is 1.92. The first-order valence-corrected chi connectivity index (χ1v) is 5.50. The summed E-state index contributed by atoms with van der Waals surface area (Å²) in [6.45, 7) is 2.62. The summed E-state index contributed by atoms with van der Waals surface area (Å²) in [5.41, 5.74) is 0. The van der Waals surface area contributed by atoms with E-state index in [-0.39, 0.29) is 0 Å². The summed E-state index contributed by atoms with van der Waals surface area (Å²) in [7, 11) is 2.35. The molecule has 0 bridgehead atoms. The van der Waals surface area contributed by atoms with Crippen molar-refractivity contribution in [3.05, 3.63) is 0 Å². The van der Waals surface area contributed by atoms with Gasteiger partial charge in [0, 0.05) is 6.42 Å². The molecule has 2 aliphatic rings. The number of quaternary nitrogens is 1. The minimum Gasteiger partial charge on any atom is -0.323 e. The van der Waals surface area contributed by atoms with Gasteiger partial charge in [-0.25, -0.2) is 0 Å². The Hall–Kier alpha value is -0.550. The van der Waals surface area contributed by atoms with Gasteiger partial charge in [-0.3, -0.25) is 0 Å². The molecule has 0 aliphatic carbocycles. The Morgan fingerprint density at radius 2 is 1.92 bits per heavy atom. The smallest absolute Gasteiger partial charge is 0.105 e. The molecule has 0 aromatic rings. The first kappa shape index (κ1) is 9.02. The third-order valence-electron chi connectivity index (χ3n) is 4.03. The third-order valence-corrected chi connectivity index (χ3v) is 4.03. The lowest BCUT2D eigenvalue weighted by Crippen LogP contribution is -2.60. The van der Waals surface area contributed by atoms with Gasteiger partial charge in [-0.1, -0.05) is 0 Å². The lowest BCUT2D eigenvalue weighted by atomic mass is 9.82. The van der Waals surface area contributed by atoms with E-state index in [1.165, 1.54) is 43.3 Å². The molecule has 0 aromatic carbocycles. The highest BCUT2D eigenvalue weighted by Gasteiger charge is 2.43. The van der Waals surface area contributed by atoms with Gasteiger partial charge in [0.15, 0.2) is 0 Å². The lowest BCUT2D eigenvalue weighted by molar-refractivity contribution is -0.945. The molecule has 0 aromatic heterocycles. The molecule has 2 fully saturated rings.